The molecular formula is C21H20O10. The van der Waals surface area contributed by atoms with E-state index in [0.29, 0.717) is 5.56 Å². The summed E-state index contributed by atoms with van der Waals surface area (Å²) < 4.78 is 16.5. The third-order valence-electron chi connectivity index (χ3n) is 5.03. The van der Waals surface area contributed by atoms with Crippen LogP contribution < -0.4 is 10.2 Å². The van der Waals surface area contributed by atoms with Crippen molar-refractivity contribution < 1.29 is 44.5 Å². The van der Waals surface area contributed by atoms with E-state index >= 15 is 0 Å². The van der Waals surface area contributed by atoms with Gasteiger partial charge in [0, 0.05) is 23.8 Å². The van der Waals surface area contributed by atoms with Crippen LogP contribution in [-0.2, 0) is 4.74 Å². The molecule has 1 aromatic heterocycles. The minimum atomic E-state index is -1.56. The predicted octanol–water partition coefficient (Wildman–Crippen LogP) is 0.0499. The van der Waals surface area contributed by atoms with Gasteiger partial charge in [-0.1, -0.05) is 0 Å². The van der Waals surface area contributed by atoms with Crippen LogP contribution in [0.5, 0.6) is 17.2 Å². The topological polar surface area (TPSA) is 170 Å². The Balaban J connectivity index is 1.58. The van der Waals surface area contributed by atoms with Crippen LogP contribution in [0.4, 0.5) is 0 Å². The van der Waals surface area contributed by atoms with Crippen LogP contribution >= 0.6 is 0 Å². The first-order chi connectivity index (χ1) is 14.8. The van der Waals surface area contributed by atoms with Gasteiger partial charge < -0.3 is 44.5 Å². The van der Waals surface area contributed by atoms with Crippen LogP contribution in [0, 0.1) is 0 Å². The number of aliphatic hydroxyl groups excluding tert-OH is 4. The molecule has 6 N–H and O–H groups in total. The largest absolute Gasteiger partial charge is 0.508 e. The first kappa shape index (κ1) is 21.1. The van der Waals surface area contributed by atoms with E-state index in [1.54, 1.807) is 12.1 Å². The molecule has 1 saturated heterocycles. The number of aromatic hydroxyl groups is 2. The monoisotopic (exact) mass is 432 g/mol. The van der Waals surface area contributed by atoms with Gasteiger partial charge in [-0.05, 0) is 24.3 Å². The van der Waals surface area contributed by atoms with E-state index in [-0.39, 0.29) is 28.2 Å². The minimum Gasteiger partial charge on any atom is -0.508 e. The first-order valence-electron chi connectivity index (χ1n) is 9.36. The lowest BCUT2D eigenvalue weighted by Gasteiger charge is -2.39. The van der Waals surface area contributed by atoms with Crippen molar-refractivity contribution in [1.29, 1.82) is 0 Å². The van der Waals surface area contributed by atoms with Crippen molar-refractivity contribution in [2.75, 3.05) is 6.61 Å². The normalized spacial score (nSPS) is 26.1. The summed E-state index contributed by atoms with van der Waals surface area (Å²) in [6.07, 6.45) is -7.02. The fourth-order valence-electron chi connectivity index (χ4n) is 3.39. The number of fused-ring (bicyclic) bond motifs is 1. The molecule has 0 aliphatic carbocycles. The lowest BCUT2D eigenvalue weighted by atomic mass is 9.99. The number of rotatable bonds is 4. The van der Waals surface area contributed by atoms with Crippen molar-refractivity contribution in [2.24, 2.45) is 0 Å². The number of phenolic OH excluding ortho intramolecular Hbond substituents is 2. The van der Waals surface area contributed by atoms with Gasteiger partial charge in [0.15, 0.2) is 5.43 Å². The molecule has 5 atom stereocenters. The summed E-state index contributed by atoms with van der Waals surface area (Å²) in [7, 11) is 0. The zero-order valence-corrected chi connectivity index (χ0v) is 16.0. The minimum absolute atomic E-state index is 0.0154. The molecule has 0 radical (unpaired) electrons. The molecule has 3 aromatic rings. The summed E-state index contributed by atoms with van der Waals surface area (Å²) >= 11 is 0. The molecule has 10 heteroatoms. The van der Waals surface area contributed by atoms with Crippen LogP contribution in [0.15, 0.2) is 51.7 Å². The van der Waals surface area contributed by atoms with E-state index < -0.39 is 48.5 Å². The Kier molecular flexibility index (Phi) is 5.56. The van der Waals surface area contributed by atoms with Crippen molar-refractivity contribution in [2.45, 2.75) is 30.7 Å². The second kappa shape index (κ2) is 8.17. The summed E-state index contributed by atoms with van der Waals surface area (Å²) in [5.74, 6) is -0.222. The molecule has 1 fully saturated rings. The van der Waals surface area contributed by atoms with Crippen molar-refractivity contribution in [3.63, 3.8) is 0 Å². The third kappa shape index (κ3) is 3.94. The number of phenols is 2. The summed E-state index contributed by atoms with van der Waals surface area (Å²) in [4.78, 5) is 12.4. The standard InChI is InChI=1S/C21H20O10/c22-8-16-18(26)19(27)20(28)21(31-16)29-11-3-1-9(2-4-11)14-7-13(25)17-12(24)5-10(23)6-15(17)30-14/h1-7,16,18-24,26-28H,8H2/t16-,18-,19+,20-,21-/m0/s1. The van der Waals surface area contributed by atoms with Gasteiger partial charge in [-0.15, -0.1) is 0 Å². The lowest BCUT2D eigenvalue weighted by Crippen LogP contribution is -2.60. The number of ether oxygens (including phenoxy) is 2. The molecule has 2 aromatic carbocycles. The van der Waals surface area contributed by atoms with Gasteiger partial charge in [-0.25, -0.2) is 0 Å². The molecule has 0 saturated carbocycles. The highest BCUT2D eigenvalue weighted by Crippen LogP contribution is 2.31. The molecule has 0 bridgehead atoms. The molecular weight excluding hydrogens is 412 g/mol. The third-order valence-corrected chi connectivity index (χ3v) is 5.03. The number of benzene rings is 2. The van der Waals surface area contributed by atoms with Crippen molar-refractivity contribution in [1.82, 2.24) is 0 Å². The molecule has 0 spiro atoms. The van der Waals surface area contributed by atoms with Gasteiger partial charge >= 0.3 is 0 Å². The van der Waals surface area contributed by atoms with Gasteiger partial charge in [0.1, 0.15) is 58.4 Å². The van der Waals surface area contributed by atoms with Gasteiger partial charge in [-0.3, -0.25) is 4.79 Å². The molecule has 4 rings (SSSR count). The molecule has 164 valence electrons. The van der Waals surface area contributed by atoms with E-state index in [2.05, 4.69) is 0 Å². The number of hydrogen-bond acceptors (Lipinski definition) is 10. The Labute approximate surface area is 174 Å². The predicted molar refractivity (Wildman–Crippen MR) is 106 cm³/mol. The van der Waals surface area contributed by atoms with Gasteiger partial charge in [-0.2, -0.15) is 0 Å². The van der Waals surface area contributed by atoms with Gasteiger partial charge in [0.05, 0.1) is 6.61 Å². The molecule has 10 nitrogen and oxygen atoms in total. The Morgan fingerprint density at radius 1 is 0.935 bits per heavy atom. The van der Waals surface area contributed by atoms with Crippen LogP contribution in [0.2, 0.25) is 0 Å². The molecule has 1 aliphatic rings. The van der Waals surface area contributed by atoms with E-state index in [9.17, 15) is 35.4 Å². The maximum Gasteiger partial charge on any atom is 0.229 e. The molecule has 31 heavy (non-hydrogen) atoms. The Hall–Kier alpha value is -3.15. The Morgan fingerprint density at radius 2 is 1.65 bits per heavy atom. The molecule has 2 heterocycles. The number of aliphatic hydroxyl groups is 4. The van der Waals surface area contributed by atoms with E-state index in [1.807, 2.05) is 0 Å². The van der Waals surface area contributed by atoms with E-state index in [1.165, 1.54) is 24.3 Å². The van der Waals surface area contributed by atoms with E-state index in [0.717, 1.165) is 6.07 Å². The summed E-state index contributed by atoms with van der Waals surface area (Å²) in [6, 6.07) is 9.59. The SMILES string of the molecule is O=c1cc(-c2ccc(O[C@H]3O[C@@H](CO)[C@H](O)[C@@H](O)[C@@H]3O)cc2)oc2cc(O)cc(O)c12. The Bertz CT molecular complexity index is 1140. The zero-order chi connectivity index (χ0) is 22.3. The quantitative estimate of drug-likeness (QED) is 0.331. The molecule has 0 amide bonds. The number of hydrogen-bond donors (Lipinski definition) is 6. The van der Waals surface area contributed by atoms with Crippen LogP contribution in [-0.4, -0.2) is 68.0 Å². The summed E-state index contributed by atoms with van der Waals surface area (Å²) in [5.41, 5.74) is 0.0139. The summed E-state index contributed by atoms with van der Waals surface area (Å²) in [5, 5.41) is 58.4. The van der Waals surface area contributed by atoms with Crippen molar-refractivity contribution >= 4 is 11.0 Å². The molecule has 1 aliphatic heterocycles. The van der Waals surface area contributed by atoms with E-state index in [4.69, 9.17) is 13.9 Å². The fourth-order valence-corrected chi connectivity index (χ4v) is 3.39. The average Bonchev–Trinajstić information content (AvgIpc) is 2.73. The van der Waals surface area contributed by atoms with Crippen LogP contribution in [0.1, 0.15) is 0 Å². The van der Waals surface area contributed by atoms with Gasteiger partial charge in [0.2, 0.25) is 6.29 Å². The maximum absolute atomic E-state index is 12.4. The fraction of sp³-hybridized carbons (Fsp3) is 0.286. The summed E-state index contributed by atoms with van der Waals surface area (Å²) in [6.45, 7) is -0.574. The lowest BCUT2D eigenvalue weighted by molar-refractivity contribution is -0.277. The highest BCUT2D eigenvalue weighted by molar-refractivity contribution is 5.86. The first-order valence-corrected chi connectivity index (χ1v) is 9.36. The van der Waals surface area contributed by atoms with Crippen LogP contribution in [0.25, 0.3) is 22.3 Å². The highest BCUT2D eigenvalue weighted by Gasteiger charge is 2.44. The Morgan fingerprint density at radius 3 is 2.32 bits per heavy atom. The average molecular weight is 432 g/mol. The highest BCUT2D eigenvalue weighted by atomic mass is 16.7. The second-order valence-corrected chi connectivity index (χ2v) is 7.15. The zero-order valence-electron chi connectivity index (χ0n) is 16.0. The van der Waals surface area contributed by atoms with Gasteiger partial charge in [0.25, 0.3) is 0 Å². The second-order valence-electron chi connectivity index (χ2n) is 7.15. The van der Waals surface area contributed by atoms with Crippen molar-refractivity contribution in [3.05, 3.63) is 52.7 Å². The van der Waals surface area contributed by atoms with Crippen LogP contribution in [0.3, 0.4) is 0 Å². The van der Waals surface area contributed by atoms with Crippen molar-refractivity contribution in [3.8, 4) is 28.6 Å². The smallest absolute Gasteiger partial charge is 0.229 e. The molecule has 0 unspecified atom stereocenters. The maximum atomic E-state index is 12.4.